The Labute approximate surface area is 144 Å². The second kappa shape index (κ2) is 7.96. The van der Waals surface area contributed by atoms with E-state index in [9.17, 15) is 4.79 Å². The van der Waals surface area contributed by atoms with Gasteiger partial charge in [-0.25, -0.2) is 4.79 Å². The van der Waals surface area contributed by atoms with Gasteiger partial charge in [-0.15, -0.1) is 5.10 Å². The Morgan fingerprint density at radius 2 is 1.92 bits per heavy atom. The van der Waals surface area contributed by atoms with Crippen LogP contribution in [-0.2, 0) is 7.05 Å². The van der Waals surface area contributed by atoms with E-state index in [1.54, 1.807) is 4.68 Å². The van der Waals surface area contributed by atoms with Crippen molar-refractivity contribution in [3.05, 3.63) is 5.69 Å². The number of aromatic nitrogens is 3. The van der Waals surface area contributed by atoms with Gasteiger partial charge >= 0.3 is 6.03 Å². The lowest BCUT2D eigenvalue weighted by atomic mass is 9.89. The predicted octanol–water partition coefficient (Wildman–Crippen LogP) is 2.24. The lowest BCUT2D eigenvalue weighted by Gasteiger charge is -2.28. The fraction of sp³-hybridized carbons (Fsp3) is 0.824. The molecule has 1 aliphatic carbocycles. The molecule has 0 atom stereocenters. The van der Waals surface area contributed by atoms with Crippen LogP contribution in [0.15, 0.2) is 0 Å². The normalized spacial score (nSPS) is 20.8. The number of nitrogens with one attached hydrogen (secondary N) is 1. The van der Waals surface area contributed by atoms with Gasteiger partial charge in [-0.2, -0.15) is 0 Å². The molecule has 0 aromatic carbocycles. The van der Waals surface area contributed by atoms with Crippen LogP contribution < -0.4 is 5.32 Å². The van der Waals surface area contributed by atoms with E-state index in [2.05, 4.69) is 20.5 Å². The summed E-state index contributed by atoms with van der Waals surface area (Å²) < 4.78 is 1.67. The average molecular weight is 334 g/mol. The van der Waals surface area contributed by atoms with Gasteiger partial charge in [0.25, 0.3) is 0 Å². The fourth-order valence-electron chi connectivity index (χ4n) is 3.79. The summed E-state index contributed by atoms with van der Waals surface area (Å²) in [7, 11) is 1.83. The van der Waals surface area contributed by atoms with Crippen molar-refractivity contribution in [1.82, 2.24) is 24.8 Å². The highest BCUT2D eigenvalue weighted by Crippen LogP contribution is 2.24. The van der Waals surface area contributed by atoms with Crippen molar-refractivity contribution in [3.8, 4) is 0 Å². The lowest BCUT2D eigenvalue weighted by molar-refractivity contribution is 0.197. The maximum absolute atomic E-state index is 12.5. The van der Waals surface area contributed by atoms with Gasteiger partial charge in [0.2, 0.25) is 0 Å². The third-order valence-electron chi connectivity index (χ3n) is 5.45. The fourth-order valence-corrected chi connectivity index (χ4v) is 3.79. The Hall–Kier alpha value is -1.63. The number of rotatable bonds is 3. The molecule has 2 aliphatic rings. The van der Waals surface area contributed by atoms with Gasteiger partial charge in [-0.1, -0.05) is 24.5 Å². The average Bonchev–Trinajstić information content (AvgIpc) is 2.79. The number of carbonyl (C=O) groups is 1. The zero-order valence-corrected chi connectivity index (χ0v) is 15.0. The summed E-state index contributed by atoms with van der Waals surface area (Å²) in [6.45, 7) is 6.79. The largest absolute Gasteiger partial charge is 0.323 e. The van der Waals surface area contributed by atoms with Crippen molar-refractivity contribution in [2.45, 2.75) is 45.4 Å². The van der Waals surface area contributed by atoms with Gasteiger partial charge < -0.3 is 9.80 Å². The van der Waals surface area contributed by atoms with E-state index in [4.69, 9.17) is 0 Å². The maximum Gasteiger partial charge on any atom is 0.323 e. The van der Waals surface area contributed by atoms with E-state index in [1.807, 2.05) is 18.9 Å². The van der Waals surface area contributed by atoms with Crippen LogP contribution in [0.4, 0.5) is 10.6 Å². The molecule has 2 heterocycles. The van der Waals surface area contributed by atoms with Crippen LogP contribution in [-0.4, -0.2) is 63.5 Å². The molecule has 1 aromatic heterocycles. The molecule has 2 amide bonds. The lowest BCUT2D eigenvalue weighted by Crippen LogP contribution is -2.39. The van der Waals surface area contributed by atoms with Crippen LogP contribution in [0.3, 0.4) is 0 Å². The van der Waals surface area contributed by atoms with Crippen LogP contribution in [0.2, 0.25) is 0 Å². The van der Waals surface area contributed by atoms with Crippen LogP contribution >= 0.6 is 0 Å². The summed E-state index contributed by atoms with van der Waals surface area (Å²) in [5.74, 6) is 1.42. The molecule has 0 radical (unpaired) electrons. The van der Waals surface area contributed by atoms with Crippen molar-refractivity contribution in [2.75, 3.05) is 38.0 Å². The molecule has 3 rings (SSSR count). The van der Waals surface area contributed by atoms with Crippen LogP contribution in [0, 0.1) is 12.8 Å². The summed E-state index contributed by atoms with van der Waals surface area (Å²) in [4.78, 5) is 17.0. The predicted molar refractivity (Wildman–Crippen MR) is 94.0 cm³/mol. The first-order chi connectivity index (χ1) is 11.6. The second-order valence-electron chi connectivity index (χ2n) is 7.22. The van der Waals surface area contributed by atoms with Crippen LogP contribution in [0.1, 0.15) is 44.2 Å². The molecule has 1 aliphatic heterocycles. The number of nitrogens with zero attached hydrogens (tertiary/aromatic N) is 5. The number of carbonyl (C=O) groups excluding carboxylic acids is 1. The van der Waals surface area contributed by atoms with Crippen molar-refractivity contribution in [1.29, 1.82) is 0 Å². The van der Waals surface area contributed by atoms with Gasteiger partial charge in [0.05, 0.1) is 5.69 Å². The Kier molecular flexibility index (Phi) is 5.71. The summed E-state index contributed by atoms with van der Waals surface area (Å²) in [6, 6.07) is -0.0573. The molecule has 2 fully saturated rings. The summed E-state index contributed by atoms with van der Waals surface area (Å²) in [5, 5.41) is 10.8. The number of urea groups is 1. The Morgan fingerprint density at radius 3 is 2.62 bits per heavy atom. The Bertz CT molecular complexity index is 551. The van der Waals surface area contributed by atoms with Crippen LogP contribution in [0.5, 0.6) is 0 Å². The molecular formula is C17H30N6O. The molecule has 1 saturated carbocycles. The Morgan fingerprint density at radius 1 is 1.12 bits per heavy atom. The number of aryl methyl sites for hydroxylation is 1. The minimum absolute atomic E-state index is 0.0573. The van der Waals surface area contributed by atoms with E-state index >= 15 is 0 Å². The van der Waals surface area contributed by atoms with E-state index in [1.165, 1.54) is 38.6 Å². The van der Waals surface area contributed by atoms with Crippen molar-refractivity contribution < 1.29 is 4.79 Å². The molecule has 1 N–H and O–H groups in total. The third-order valence-corrected chi connectivity index (χ3v) is 5.45. The van der Waals surface area contributed by atoms with Crippen molar-refractivity contribution in [2.24, 2.45) is 13.0 Å². The van der Waals surface area contributed by atoms with E-state index in [0.717, 1.165) is 44.2 Å². The zero-order chi connectivity index (χ0) is 16.9. The minimum Gasteiger partial charge on any atom is -0.323 e. The molecule has 24 heavy (non-hydrogen) atoms. The van der Waals surface area contributed by atoms with Gasteiger partial charge in [0, 0.05) is 33.2 Å². The van der Waals surface area contributed by atoms with Gasteiger partial charge in [-0.3, -0.25) is 10.00 Å². The zero-order valence-electron chi connectivity index (χ0n) is 15.0. The smallest absolute Gasteiger partial charge is 0.323 e. The highest BCUT2D eigenvalue weighted by molar-refractivity contribution is 5.88. The van der Waals surface area contributed by atoms with Gasteiger partial charge in [0.1, 0.15) is 0 Å². The molecule has 7 heteroatoms. The Balaban J connectivity index is 1.49. The highest BCUT2D eigenvalue weighted by atomic mass is 16.2. The van der Waals surface area contributed by atoms with E-state index in [-0.39, 0.29) is 6.03 Å². The molecule has 0 unspecified atom stereocenters. The quantitative estimate of drug-likeness (QED) is 0.921. The van der Waals surface area contributed by atoms with Crippen LogP contribution in [0.25, 0.3) is 0 Å². The minimum atomic E-state index is -0.0573. The molecule has 1 aromatic rings. The molecular weight excluding hydrogens is 304 g/mol. The highest BCUT2D eigenvalue weighted by Gasteiger charge is 2.23. The third kappa shape index (κ3) is 4.26. The first-order valence-electron chi connectivity index (χ1n) is 9.28. The van der Waals surface area contributed by atoms with Crippen molar-refractivity contribution in [3.63, 3.8) is 0 Å². The second-order valence-corrected chi connectivity index (χ2v) is 7.22. The molecule has 0 spiro atoms. The number of amides is 2. The number of anilines is 1. The molecule has 134 valence electrons. The molecule has 0 bridgehead atoms. The standard InChI is InChI=1S/C17H30N6O/c1-14-16(19-20-21(14)2)18-17(24)23-10-6-9-22(11-12-23)13-15-7-4-3-5-8-15/h15H,3-13H2,1-2H3,(H,18,24). The topological polar surface area (TPSA) is 66.3 Å². The maximum atomic E-state index is 12.5. The summed E-state index contributed by atoms with van der Waals surface area (Å²) >= 11 is 0. The SMILES string of the molecule is Cc1c(NC(=O)N2CCCN(CC3CCCCC3)CC2)nnn1C. The molecule has 7 nitrogen and oxygen atoms in total. The first kappa shape index (κ1) is 17.2. The monoisotopic (exact) mass is 334 g/mol. The number of hydrogen-bond acceptors (Lipinski definition) is 4. The first-order valence-corrected chi connectivity index (χ1v) is 9.28. The van der Waals surface area contributed by atoms with Gasteiger partial charge in [0.15, 0.2) is 5.82 Å². The molecule has 1 saturated heterocycles. The van der Waals surface area contributed by atoms with E-state index in [0.29, 0.717) is 5.82 Å². The van der Waals surface area contributed by atoms with Crippen molar-refractivity contribution >= 4 is 11.8 Å². The van der Waals surface area contributed by atoms with E-state index < -0.39 is 0 Å². The summed E-state index contributed by atoms with van der Waals surface area (Å²) in [5.41, 5.74) is 0.872. The number of hydrogen-bond donors (Lipinski definition) is 1. The van der Waals surface area contributed by atoms with Gasteiger partial charge in [-0.05, 0) is 38.6 Å². The summed E-state index contributed by atoms with van der Waals surface area (Å²) in [6.07, 6.45) is 8.00.